The smallest absolute Gasteiger partial charge is 0.253 e. The molecule has 2 heterocycles. The first-order valence-electron chi connectivity index (χ1n) is 8.80. The van der Waals surface area contributed by atoms with Gasteiger partial charge >= 0.3 is 0 Å². The standard InChI is InChI=1S/C18H27N3O2/c1-13-6-9-21(10-7-13)17-5-4-15(12-19-17)18(23)20-16(8-11-22)14-2-3-14/h4-5,12-14,16,22H,2-3,6-11H2,1H3,(H,20,23). The van der Waals surface area contributed by atoms with Gasteiger partial charge in [0.1, 0.15) is 5.82 Å². The first-order chi connectivity index (χ1) is 11.2. The molecule has 2 aliphatic rings. The Morgan fingerprint density at radius 1 is 1.35 bits per heavy atom. The van der Waals surface area contributed by atoms with Crippen molar-refractivity contribution in [3.8, 4) is 0 Å². The number of hydrogen-bond acceptors (Lipinski definition) is 4. The van der Waals surface area contributed by atoms with Gasteiger partial charge in [-0.25, -0.2) is 4.98 Å². The van der Waals surface area contributed by atoms with E-state index >= 15 is 0 Å². The number of nitrogens with zero attached hydrogens (tertiary/aromatic N) is 2. The topological polar surface area (TPSA) is 65.5 Å². The third-order valence-electron chi connectivity index (χ3n) is 5.07. The molecule has 1 atom stereocenters. The Morgan fingerprint density at radius 3 is 2.65 bits per heavy atom. The number of amides is 1. The highest BCUT2D eigenvalue weighted by molar-refractivity contribution is 5.94. The second-order valence-electron chi connectivity index (χ2n) is 7.00. The van der Waals surface area contributed by atoms with E-state index in [0.29, 0.717) is 17.9 Å². The fraction of sp³-hybridized carbons (Fsp3) is 0.667. The van der Waals surface area contributed by atoms with Crippen LogP contribution in [0.4, 0.5) is 5.82 Å². The second kappa shape index (κ2) is 7.30. The van der Waals surface area contributed by atoms with E-state index in [1.54, 1.807) is 6.20 Å². The summed E-state index contributed by atoms with van der Waals surface area (Å²) in [6, 6.07) is 3.90. The first kappa shape index (κ1) is 16.2. The quantitative estimate of drug-likeness (QED) is 0.844. The van der Waals surface area contributed by atoms with Gasteiger partial charge in [0.05, 0.1) is 5.56 Å². The van der Waals surface area contributed by atoms with Gasteiger partial charge in [-0.3, -0.25) is 4.79 Å². The molecule has 1 unspecified atom stereocenters. The molecule has 126 valence electrons. The highest BCUT2D eigenvalue weighted by Gasteiger charge is 2.32. The molecule has 23 heavy (non-hydrogen) atoms. The average molecular weight is 317 g/mol. The minimum Gasteiger partial charge on any atom is -0.396 e. The molecule has 0 radical (unpaired) electrons. The van der Waals surface area contributed by atoms with Gasteiger partial charge in [-0.1, -0.05) is 6.92 Å². The number of aliphatic hydroxyl groups excluding tert-OH is 1. The van der Waals surface area contributed by atoms with Crippen molar-refractivity contribution < 1.29 is 9.90 Å². The highest BCUT2D eigenvalue weighted by Crippen LogP contribution is 2.34. The molecule has 0 bridgehead atoms. The lowest BCUT2D eigenvalue weighted by molar-refractivity contribution is 0.0924. The molecule has 2 fully saturated rings. The van der Waals surface area contributed by atoms with Crippen LogP contribution in [0.1, 0.15) is 49.4 Å². The van der Waals surface area contributed by atoms with Gasteiger partial charge in [0.2, 0.25) is 0 Å². The summed E-state index contributed by atoms with van der Waals surface area (Å²) in [5, 5.41) is 12.2. The molecule has 1 aromatic heterocycles. The van der Waals surface area contributed by atoms with Crippen LogP contribution < -0.4 is 10.2 Å². The van der Waals surface area contributed by atoms with Crippen LogP contribution in [-0.4, -0.2) is 41.7 Å². The van der Waals surface area contributed by atoms with E-state index in [1.165, 1.54) is 12.8 Å². The number of carbonyl (C=O) groups is 1. The van der Waals surface area contributed by atoms with Crippen molar-refractivity contribution >= 4 is 11.7 Å². The van der Waals surface area contributed by atoms with E-state index in [0.717, 1.165) is 37.7 Å². The second-order valence-corrected chi connectivity index (χ2v) is 7.00. The predicted octanol–water partition coefficient (Wildman–Crippen LogP) is 2.21. The maximum absolute atomic E-state index is 12.3. The third-order valence-corrected chi connectivity index (χ3v) is 5.07. The van der Waals surface area contributed by atoms with E-state index in [9.17, 15) is 4.79 Å². The Labute approximate surface area is 138 Å². The molecular weight excluding hydrogens is 290 g/mol. The Hall–Kier alpha value is -1.62. The van der Waals surface area contributed by atoms with Crippen LogP contribution in [0.2, 0.25) is 0 Å². The van der Waals surface area contributed by atoms with Crippen molar-refractivity contribution in [1.82, 2.24) is 10.3 Å². The Bertz CT molecular complexity index is 520. The predicted molar refractivity (Wildman–Crippen MR) is 90.5 cm³/mol. The van der Waals surface area contributed by atoms with E-state index in [-0.39, 0.29) is 18.6 Å². The molecule has 5 heteroatoms. The maximum Gasteiger partial charge on any atom is 0.253 e. The minimum absolute atomic E-state index is 0.0818. The van der Waals surface area contributed by atoms with Gasteiger partial charge in [-0.15, -0.1) is 0 Å². The molecule has 0 aromatic carbocycles. The zero-order valence-electron chi connectivity index (χ0n) is 13.9. The lowest BCUT2D eigenvalue weighted by Crippen LogP contribution is -2.37. The molecular formula is C18H27N3O2. The summed E-state index contributed by atoms with van der Waals surface area (Å²) < 4.78 is 0. The minimum atomic E-state index is -0.0818. The van der Waals surface area contributed by atoms with Crippen LogP contribution in [0.15, 0.2) is 18.3 Å². The first-order valence-corrected chi connectivity index (χ1v) is 8.80. The van der Waals surface area contributed by atoms with Gasteiger partial charge in [0.15, 0.2) is 0 Å². The number of anilines is 1. The summed E-state index contributed by atoms with van der Waals surface area (Å²) in [5.74, 6) is 2.21. The molecule has 5 nitrogen and oxygen atoms in total. The molecule has 1 aliphatic heterocycles. The van der Waals surface area contributed by atoms with Gasteiger partial charge in [0.25, 0.3) is 5.91 Å². The molecule has 1 saturated heterocycles. The third kappa shape index (κ3) is 4.22. The number of pyridine rings is 1. The monoisotopic (exact) mass is 317 g/mol. The van der Waals surface area contributed by atoms with Crippen LogP contribution in [-0.2, 0) is 0 Å². The summed E-state index contributed by atoms with van der Waals surface area (Å²) in [6.45, 7) is 4.49. The fourth-order valence-corrected chi connectivity index (χ4v) is 3.26. The van der Waals surface area contributed by atoms with Crippen molar-refractivity contribution in [3.05, 3.63) is 23.9 Å². The lowest BCUT2D eigenvalue weighted by Gasteiger charge is -2.31. The molecule has 2 N–H and O–H groups in total. The number of aliphatic hydroxyl groups is 1. The molecule has 1 aromatic rings. The van der Waals surface area contributed by atoms with Gasteiger partial charge in [0, 0.05) is 31.9 Å². The number of carbonyl (C=O) groups excluding carboxylic acids is 1. The number of hydrogen-bond donors (Lipinski definition) is 2. The molecule has 1 saturated carbocycles. The van der Waals surface area contributed by atoms with Crippen LogP contribution in [0.25, 0.3) is 0 Å². The van der Waals surface area contributed by atoms with Crippen LogP contribution in [0, 0.1) is 11.8 Å². The largest absolute Gasteiger partial charge is 0.396 e. The SMILES string of the molecule is CC1CCN(c2ccc(C(=O)NC(CCO)C3CC3)cn2)CC1. The van der Waals surface area contributed by atoms with Crippen molar-refractivity contribution in [2.24, 2.45) is 11.8 Å². The Kier molecular flexibility index (Phi) is 5.16. The molecule has 1 aliphatic carbocycles. The molecule has 3 rings (SSSR count). The van der Waals surface area contributed by atoms with Crippen molar-refractivity contribution in [1.29, 1.82) is 0 Å². The Balaban J connectivity index is 1.58. The normalized spacial score (nSPS) is 20.3. The fourth-order valence-electron chi connectivity index (χ4n) is 3.26. The van der Waals surface area contributed by atoms with Gasteiger partial charge in [-0.2, -0.15) is 0 Å². The number of aromatic nitrogens is 1. The van der Waals surface area contributed by atoms with E-state index in [1.807, 2.05) is 12.1 Å². The van der Waals surface area contributed by atoms with Crippen molar-refractivity contribution in [2.45, 2.75) is 45.1 Å². The zero-order chi connectivity index (χ0) is 16.2. The summed E-state index contributed by atoms with van der Waals surface area (Å²) in [7, 11) is 0. The van der Waals surface area contributed by atoms with E-state index in [4.69, 9.17) is 5.11 Å². The van der Waals surface area contributed by atoms with Crippen LogP contribution in [0.3, 0.4) is 0 Å². The van der Waals surface area contributed by atoms with Crippen molar-refractivity contribution in [2.75, 3.05) is 24.6 Å². The lowest BCUT2D eigenvalue weighted by atomic mass is 9.99. The van der Waals surface area contributed by atoms with Crippen LogP contribution >= 0.6 is 0 Å². The number of rotatable bonds is 6. The van der Waals surface area contributed by atoms with Gasteiger partial charge in [-0.05, 0) is 56.1 Å². The summed E-state index contributed by atoms with van der Waals surface area (Å²) in [5.41, 5.74) is 0.600. The summed E-state index contributed by atoms with van der Waals surface area (Å²) in [6.07, 6.45) is 7.01. The summed E-state index contributed by atoms with van der Waals surface area (Å²) in [4.78, 5) is 19.1. The highest BCUT2D eigenvalue weighted by atomic mass is 16.3. The number of nitrogens with one attached hydrogen (secondary N) is 1. The zero-order valence-corrected chi connectivity index (χ0v) is 13.9. The molecule has 0 spiro atoms. The van der Waals surface area contributed by atoms with Crippen molar-refractivity contribution in [3.63, 3.8) is 0 Å². The van der Waals surface area contributed by atoms with Gasteiger partial charge < -0.3 is 15.3 Å². The average Bonchev–Trinajstić information content (AvgIpc) is 3.40. The number of piperidine rings is 1. The van der Waals surface area contributed by atoms with E-state index < -0.39 is 0 Å². The summed E-state index contributed by atoms with van der Waals surface area (Å²) >= 11 is 0. The molecule has 1 amide bonds. The van der Waals surface area contributed by atoms with Crippen LogP contribution in [0.5, 0.6) is 0 Å². The maximum atomic E-state index is 12.3. The Morgan fingerprint density at radius 2 is 2.09 bits per heavy atom. The van der Waals surface area contributed by atoms with E-state index in [2.05, 4.69) is 22.1 Å².